The van der Waals surface area contributed by atoms with E-state index in [0.29, 0.717) is 28.5 Å². The quantitative estimate of drug-likeness (QED) is 0.436. The third-order valence-corrected chi connectivity index (χ3v) is 7.37. The van der Waals surface area contributed by atoms with E-state index in [-0.39, 0.29) is 35.8 Å². The average molecular weight is 496 g/mol. The zero-order valence-electron chi connectivity index (χ0n) is 20.9. The van der Waals surface area contributed by atoms with Gasteiger partial charge >= 0.3 is 0 Å². The van der Waals surface area contributed by atoms with Gasteiger partial charge in [0.25, 0.3) is 11.5 Å². The van der Waals surface area contributed by atoms with Gasteiger partial charge in [0.05, 0.1) is 30.5 Å². The van der Waals surface area contributed by atoms with E-state index in [0.717, 1.165) is 38.5 Å². The average Bonchev–Trinajstić information content (AvgIpc) is 3.31. The molecule has 0 saturated heterocycles. The number of fused-ring (bicyclic) bond motifs is 1. The fourth-order valence-corrected chi connectivity index (χ4v) is 5.20. The van der Waals surface area contributed by atoms with Crippen LogP contribution >= 0.6 is 0 Å². The Morgan fingerprint density at radius 3 is 2.64 bits per heavy atom. The lowest BCUT2D eigenvalue weighted by atomic mass is 9.89. The molecule has 5 rings (SSSR count). The van der Waals surface area contributed by atoms with Crippen molar-refractivity contribution in [2.24, 2.45) is 0 Å². The number of carbonyl (C=O) groups is 1. The predicted octanol–water partition coefficient (Wildman–Crippen LogP) is 2.71. The molecule has 192 valence electrons. The van der Waals surface area contributed by atoms with E-state index in [1.807, 2.05) is 12.3 Å². The molecule has 3 heterocycles. The van der Waals surface area contributed by atoms with E-state index in [1.165, 1.54) is 6.20 Å². The monoisotopic (exact) mass is 495 g/mol. The van der Waals surface area contributed by atoms with Gasteiger partial charge in [0.1, 0.15) is 22.9 Å². The second-order valence-electron chi connectivity index (χ2n) is 9.39. The molecule has 36 heavy (non-hydrogen) atoms. The summed E-state index contributed by atoms with van der Waals surface area (Å²) >= 11 is 0. The first kappa shape index (κ1) is 24.3. The Morgan fingerprint density at radius 1 is 1.11 bits per heavy atom. The highest BCUT2D eigenvalue weighted by molar-refractivity contribution is 6.00. The van der Waals surface area contributed by atoms with Crippen LogP contribution in [-0.4, -0.2) is 64.6 Å². The third kappa shape index (κ3) is 4.44. The van der Waals surface area contributed by atoms with Crippen LogP contribution in [0, 0.1) is 0 Å². The number of methoxy groups -OCH3 is 2. The van der Waals surface area contributed by atoms with Crippen LogP contribution in [0.5, 0.6) is 0 Å². The van der Waals surface area contributed by atoms with Crippen LogP contribution in [-0.2, 0) is 9.47 Å². The number of amides is 1. The topological polar surface area (TPSA) is 124 Å². The highest BCUT2D eigenvalue weighted by Crippen LogP contribution is 2.30. The molecule has 4 atom stereocenters. The molecule has 0 bridgehead atoms. The van der Waals surface area contributed by atoms with Crippen LogP contribution in [0.2, 0.25) is 0 Å². The normalized spacial score (nSPS) is 23.8. The van der Waals surface area contributed by atoms with Crippen molar-refractivity contribution in [1.29, 1.82) is 0 Å². The lowest BCUT2D eigenvalue weighted by molar-refractivity contribution is 0.00732. The van der Waals surface area contributed by atoms with Crippen LogP contribution in [0.25, 0.3) is 5.65 Å². The number of hydrogen-bond acceptors (Lipinski definition) is 8. The molecule has 3 N–H and O–H groups in total. The van der Waals surface area contributed by atoms with Crippen LogP contribution in [0.15, 0.2) is 35.4 Å². The molecule has 11 heteroatoms. The summed E-state index contributed by atoms with van der Waals surface area (Å²) in [6, 6.07) is 5.31. The minimum Gasteiger partial charge on any atom is -0.379 e. The molecular weight excluding hydrogens is 462 g/mol. The van der Waals surface area contributed by atoms with Crippen LogP contribution in [0.1, 0.15) is 54.9 Å². The maximum absolute atomic E-state index is 13.4. The fourth-order valence-electron chi connectivity index (χ4n) is 5.20. The fraction of sp³-hybridized carbons (Fsp3) is 0.520. The number of rotatable bonds is 8. The van der Waals surface area contributed by atoms with E-state index in [1.54, 1.807) is 42.5 Å². The number of ether oxygens (including phenoxy) is 2. The SMILES string of the molecule is CNc1cc(Nc2cccn([C@@H]3CCCC[C@@H]3OC)c2=O)nc2c(C(=O)NC3CC[C@H]3OC)cnn12. The summed E-state index contributed by atoms with van der Waals surface area (Å²) in [7, 11) is 5.12. The Morgan fingerprint density at radius 2 is 1.92 bits per heavy atom. The summed E-state index contributed by atoms with van der Waals surface area (Å²) in [5.74, 6) is 0.804. The van der Waals surface area contributed by atoms with Gasteiger partial charge < -0.3 is 30.0 Å². The standard InChI is InChI=1S/C25H33N7O4/c1-26-22-13-21(28-17-7-6-12-31(25(17)34)18-8-4-5-9-20(18)36-3)30-23-15(14-27-32(22)23)24(33)29-16-10-11-19(16)35-2/h6-7,12-14,16,18-20,26H,4-5,8-11H2,1-3H3,(H,28,30)(H,29,33)/t16?,18-,19-,20+/m1/s1. The molecule has 2 saturated carbocycles. The summed E-state index contributed by atoms with van der Waals surface area (Å²) in [4.78, 5) is 31.1. The molecule has 3 aromatic heterocycles. The molecule has 1 unspecified atom stereocenters. The van der Waals surface area contributed by atoms with Crippen LogP contribution in [0.3, 0.4) is 0 Å². The van der Waals surface area contributed by atoms with Crippen LogP contribution < -0.4 is 21.5 Å². The van der Waals surface area contributed by atoms with Crippen molar-refractivity contribution in [2.45, 2.75) is 62.8 Å². The Labute approximate surface area is 209 Å². The van der Waals surface area contributed by atoms with Crippen molar-refractivity contribution < 1.29 is 14.3 Å². The highest BCUT2D eigenvalue weighted by atomic mass is 16.5. The first-order valence-corrected chi connectivity index (χ1v) is 12.4. The van der Waals surface area contributed by atoms with E-state index < -0.39 is 0 Å². The van der Waals surface area contributed by atoms with Crippen molar-refractivity contribution in [1.82, 2.24) is 24.5 Å². The number of nitrogens with one attached hydrogen (secondary N) is 3. The lowest BCUT2D eigenvalue weighted by Gasteiger charge is -2.35. The second kappa shape index (κ2) is 10.3. The Bertz CT molecular complexity index is 1300. The number of nitrogens with zero attached hydrogens (tertiary/aromatic N) is 4. The molecule has 1 amide bonds. The second-order valence-corrected chi connectivity index (χ2v) is 9.39. The van der Waals surface area contributed by atoms with E-state index in [9.17, 15) is 9.59 Å². The molecule has 0 spiro atoms. The summed E-state index contributed by atoms with van der Waals surface area (Å²) in [6.07, 6.45) is 9.16. The maximum Gasteiger partial charge on any atom is 0.274 e. The predicted molar refractivity (Wildman–Crippen MR) is 136 cm³/mol. The first-order valence-electron chi connectivity index (χ1n) is 12.4. The van der Waals surface area contributed by atoms with Gasteiger partial charge in [0.15, 0.2) is 5.65 Å². The van der Waals surface area contributed by atoms with Crippen molar-refractivity contribution >= 4 is 28.9 Å². The Hall–Kier alpha value is -3.44. The van der Waals surface area contributed by atoms with Gasteiger partial charge in [-0.15, -0.1) is 0 Å². The highest BCUT2D eigenvalue weighted by Gasteiger charge is 2.33. The maximum atomic E-state index is 13.4. The minimum absolute atomic E-state index is 0.00568. The van der Waals surface area contributed by atoms with Crippen LogP contribution in [0.4, 0.5) is 17.3 Å². The van der Waals surface area contributed by atoms with Gasteiger partial charge in [-0.3, -0.25) is 9.59 Å². The van der Waals surface area contributed by atoms with Crippen molar-refractivity contribution in [3.8, 4) is 0 Å². The molecule has 0 aliphatic heterocycles. The molecule has 2 fully saturated rings. The van der Waals surface area contributed by atoms with Crippen molar-refractivity contribution in [3.05, 3.63) is 46.5 Å². The molecular formula is C25H33N7O4. The van der Waals surface area contributed by atoms with Gasteiger partial charge in [-0.25, -0.2) is 4.98 Å². The zero-order valence-corrected chi connectivity index (χ0v) is 20.9. The Kier molecular flexibility index (Phi) is 6.92. The van der Waals surface area contributed by atoms with Crippen molar-refractivity contribution in [2.75, 3.05) is 31.9 Å². The first-order chi connectivity index (χ1) is 17.5. The molecule has 2 aliphatic rings. The molecule has 3 aromatic rings. The van der Waals surface area contributed by atoms with Gasteiger partial charge in [-0.05, 0) is 37.8 Å². The summed E-state index contributed by atoms with van der Waals surface area (Å²) in [5, 5.41) is 13.6. The van der Waals surface area contributed by atoms with Gasteiger partial charge in [0.2, 0.25) is 0 Å². The number of aromatic nitrogens is 4. The zero-order chi connectivity index (χ0) is 25.2. The smallest absolute Gasteiger partial charge is 0.274 e. The van der Waals surface area contributed by atoms with Gasteiger partial charge in [-0.2, -0.15) is 9.61 Å². The van der Waals surface area contributed by atoms with E-state index in [4.69, 9.17) is 9.47 Å². The van der Waals surface area contributed by atoms with Gasteiger partial charge in [0, 0.05) is 33.5 Å². The molecule has 0 aromatic carbocycles. The van der Waals surface area contributed by atoms with Crippen molar-refractivity contribution in [3.63, 3.8) is 0 Å². The minimum atomic E-state index is -0.256. The summed E-state index contributed by atoms with van der Waals surface area (Å²) in [5.41, 5.74) is 1.01. The number of pyridine rings is 1. The number of anilines is 3. The van der Waals surface area contributed by atoms with E-state index in [2.05, 4.69) is 26.0 Å². The lowest BCUT2D eigenvalue weighted by Crippen LogP contribution is -2.51. The molecule has 0 radical (unpaired) electrons. The summed E-state index contributed by atoms with van der Waals surface area (Å²) in [6.45, 7) is 0. The Balaban J connectivity index is 1.45. The van der Waals surface area contributed by atoms with E-state index >= 15 is 0 Å². The summed E-state index contributed by atoms with van der Waals surface area (Å²) < 4.78 is 14.4. The largest absolute Gasteiger partial charge is 0.379 e. The number of carbonyl (C=O) groups excluding carboxylic acids is 1. The number of hydrogen-bond donors (Lipinski definition) is 3. The molecule has 11 nitrogen and oxygen atoms in total. The molecule has 2 aliphatic carbocycles. The third-order valence-electron chi connectivity index (χ3n) is 7.37. The van der Waals surface area contributed by atoms with Gasteiger partial charge in [-0.1, -0.05) is 12.8 Å².